The lowest BCUT2D eigenvalue weighted by Gasteiger charge is -1.97. The normalized spacial score (nSPS) is 11.3. The first kappa shape index (κ1) is 10.4. The van der Waals surface area contributed by atoms with Crippen LogP contribution in [-0.4, -0.2) is 10.3 Å². The van der Waals surface area contributed by atoms with Gasteiger partial charge in [-0.3, -0.25) is 4.98 Å². The van der Waals surface area contributed by atoms with Crippen molar-refractivity contribution in [3.8, 4) is 0 Å². The molecule has 0 fully saturated rings. The van der Waals surface area contributed by atoms with Crippen LogP contribution in [0.4, 0.5) is 0 Å². The summed E-state index contributed by atoms with van der Waals surface area (Å²) >= 11 is 3.40. The van der Waals surface area contributed by atoms with Crippen molar-refractivity contribution in [2.75, 3.05) is 5.33 Å². The molecule has 0 saturated heterocycles. The SMILES string of the molecule is BrCCC=Cc1ccc2ncccc2c1. The van der Waals surface area contributed by atoms with Gasteiger partial charge in [-0.05, 0) is 30.2 Å². The molecule has 0 saturated carbocycles. The van der Waals surface area contributed by atoms with Crippen LogP contribution in [0.25, 0.3) is 17.0 Å². The minimum absolute atomic E-state index is 1.01. The molecule has 1 aromatic heterocycles. The summed E-state index contributed by atoms with van der Waals surface area (Å²) in [6, 6.07) is 10.4. The van der Waals surface area contributed by atoms with Crippen LogP contribution < -0.4 is 0 Å². The number of fused-ring (bicyclic) bond motifs is 1. The highest BCUT2D eigenvalue weighted by Crippen LogP contribution is 2.14. The van der Waals surface area contributed by atoms with Crippen molar-refractivity contribution in [2.24, 2.45) is 0 Å². The molecule has 2 rings (SSSR count). The molecule has 0 aliphatic rings. The zero-order valence-corrected chi connectivity index (χ0v) is 9.94. The van der Waals surface area contributed by atoms with Crippen molar-refractivity contribution in [1.82, 2.24) is 4.98 Å². The monoisotopic (exact) mass is 261 g/mol. The molecule has 15 heavy (non-hydrogen) atoms. The van der Waals surface area contributed by atoms with Gasteiger partial charge in [-0.15, -0.1) is 0 Å². The highest BCUT2D eigenvalue weighted by Gasteiger charge is 1.93. The fourth-order valence-electron chi connectivity index (χ4n) is 1.48. The lowest BCUT2D eigenvalue weighted by molar-refractivity contribution is 1.27. The largest absolute Gasteiger partial charge is 0.256 e. The number of allylic oxidation sites excluding steroid dienone is 1. The molecule has 1 aromatic carbocycles. The molecular formula is C13H12BrN. The molecule has 0 spiro atoms. The predicted molar refractivity (Wildman–Crippen MR) is 69.2 cm³/mol. The van der Waals surface area contributed by atoms with Gasteiger partial charge in [-0.25, -0.2) is 0 Å². The Balaban J connectivity index is 2.30. The molecule has 1 heterocycles. The van der Waals surface area contributed by atoms with Gasteiger partial charge in [0.1, 0.15) is 0 Å². The molecule has 0 atom stereocenters. The van der Waals surface area contributed by atoms with Gasteiger partial charge in [-0.1, -0.05) is 40.2 Å². The van der Waals surface area contributed by atoms with Crippen LogP contribution in [0.2, 0.25) is 0 Å². The van der Waals surface area contributed by atoms with Gasteiger partial charge in [0.2, 0.25) is 0 Å². The van der Waals surface area contributed by atoms with Crippen LogP contribution in [0.3, 0.4) is 0 Å². The number of alkyl halides is 1. The summed E-state index contributed by atoms with van der Waals surface area (Å²) in [5, 5.41) is 2.21. The Morgan fingerprint density at radius 1 is 1.27 bits per heavy atom. The zero-order chi connectivity index (χ0) is 10.5. The summed E-state index contributed by atoms with van der Waals surface area (Å²) in [6.07, 6.45) is 7.20. The zero-order valence-electron chi connectivity index (χ0n) is 8.36. The summed E-state index contributed by atoms with van der Waals surface area (Å²) in [4.78, 5) is 4.29. The van der Waals surface area contributed by atoms with E-state index in [4.69, 9.17) is 0 Å². The third-order valence-corrected chi connectivity index (χ3v) is 2.67. The smallest absolute Gasteiger partial charge is 0.0702 e. The Kier molecular flexibility index (Phi) is 3.51. The van der Waals surface area contributed by atoms with E-state index in [0.29, 0.717) is 0 Å². The molecular weight excluding hydrogens is 250 g/mol. The van der Waals surface area contributed by atoms with Crippen LogP contribution in [0.15, 0.2) is 42.6 Å². The highest BCUT2D eigenvalue weighted by molar-refractivity contribution is 9.09. The minimum Gasteiger partial charge on any atom is -0.256 e. The maximum atomic E-state index is 4.29. The van der Waals surface area contributed by atoms with Crippen molar-refractivity contribution in [3.63, 3.8) is 0 Å². The average Bonchev–Trinajstić information content (AvgIpc) is 2.29. The van der Waals surface area contributed by atoms with Crippen molar-refractivity contribution in [1.29, 1.82) is 0 Å². The number of benzene rings is 1. The minimum atomic E-state index is 1.01. The van der Waals surface area contributed by atoms with Crippen molar-refractivity contribution in [2.45, 2.75) is 6.42 Å². The first-order chi connectivity index (χ1) is 7.40. The maximum Gasteiger partial charge on any atom is 0.0702 e. The standard InChI is InChI=1S/C13H12BrN/c14-8-2-1-4-11-6-7-13-12(10-11)5-3-9-15-13/h1,3-7,9-10H,2,8H2. The lowest BCUT2D eigenvalue weighted by Crippen LogP contribution is -1.78. The van der Waals surface area contributed by atoms with E-state index in [1.54, 1.807) is 0 Å². The number of aromatic nitrogens is 1. The van der Waals surface area contributed by atoms with Crippen LogP contribution >= 0.6 is 15.9 Å². The number of hydrogen-bond acceptors (Lipinski definition) is 1. The van der Waals surface area contributed by atoms with Gasteiger partial charge >= 0.3 is 0 Å². The van der Waals surface area contributed by atoms with E-state index in [-0.39, 0.29) is 0 Å². The lowest BCUT2D eigenvalue weighted by atomic mass is 10.1. The molecule has 76 valence electrons. The summed E-state index contributed by atoms with van der Waals surface area (Å²) in [7, 11) is 0. The van der Waals surface area contributed by atoms with E-state index in [1.807, 2.05) is 12.3 Å². The first-order valence-corrected chi connectivity index (χ1v) is 6.09. The summed E-state index contributed by atoms with van der Waals surface area (Å²) < 4.78 is 0. The van der Waals surface area contributed by atoms with Gasteiger partial charge in [0.05, 0.1) is 5.52 Å². The number of nitrogens with zero attached hydrogens (tertiary/aromatic N) is 1. The summed E-state index contributed by atoms with van der Waals surface area (Å²) in [6.45, 7) is 0. The highest BCUT2D eigenvalue weighted by atomic mass is 79.9. The molecule has 1 nitrogen and oxygen atoms in total. The Morgan fingerprint density at radius 2 is 2.20 bits per heavy atom. The van der Waals surface area contributed by atoms with Crippen molar-refractivity contribution >= 4 is 32.9 Å². The van der Waals surface area contributed by atoms with E-state index in [2.05, 4.69) is 57.3 Å². The second-order valence-corrected chi connectivity index (χ2v) is 4.13. The van der Waals surface area contributed by atoms with E-state index < -0.39 is 0 Å². The van der Waals surface area contributed by atoms with E-state index in [9.17, 15) is 0 Å². The molecule has 0 amide bonds. The van der Waals surface area contributed by atoms with Crippen LogP contribution in [0, 0.1) is 0 Å². The van der Waals surface area contributed by atoms with Gasteiger partial charge in [0.25, 0.3) is 0 Å². The third kappa shape index (κ3) is 2.66. The van der Waals surface area contributed by atoms with Crippen LogP contribution in [-0.2, 0) is 0 Å². The molecule has 0 unspecified atom stereocenters. The van der Waals surface area contributed by atoms with Crippen LogP contribution in [0.1, 0.15) is 12.0 Å². The fourth-order valence-corrected chi connectivity index (χ4v) is 1.74. The average molecular weight is 262 g/mol. The van der Waals surface area contributed by atoms with Gasteiger partial charge in [-0.2, -0.15) is 0 Å². The van der Waals surface area contributed by atoms with E-state index in [0.717, 1.165) is 17.3 Å². The fraction of sp³-hybridized carbons (Fsp3) is 0.154. The van der Waals surface area contributed by atoms with Gasteiger partial charge < -0.3 is 0 Å². The Bertz CT molecular complexity index is 477. The van der Waals surface area contributed by atoms with Gasteiger partial charge in [0.15, 0.2) is 0 Å². The van der Waals surface area contributed by atoms with E-state index >= 15 is 0 Å². The van der Waals surface area contributed by atoms with E-state index in [1.165, 1.54) is 10.9 Å². The molecule has 0 radical (unpaired) electrons. The summed E-state index contributed by atoms with van der Waals surface area (Å²) in [5.41, 5.74) is 2.28. The molecule has 2 heteroatoms. The number of hydrogen-bond donors (Lipinski definition) is 0. The second kappa shape index (κ2) is 5.08. The molecule has 0 aliphatic carbocycles. The van der Waals surface area contributed by atoms with Gasteiger partial charge in [0, 0.05) is 16.9 Å². The Morgan fingerprint density at radius 3 is 3.07 bits per heavy atom. The van der Waals surface area contributed by atoms with Crippen molar-refractivity contribution < 1.29 is 0 Å². The van der Waals surface area contributed by atoms with Crippen LogP contribution in [0.5, 0.6) is 0 Å². The second-order valence-electron chi connectivity index (χ2n) is 3.34. The molecule has 2 aromatic rings. The molecule has 0 aliphatic heterocycles. The Labute approximate surface area is 98.0 Å². The summed E-state index contributed by atoms with van der Waals surface area (Å²) in [5.74, 6) is 0. The quantitative estimate of drug-likeness (QED) is 0.761. The molecule has 0 N–H and O–H groups in total. The topological polar surface area (TPSA) is 12.9 Å². The number of pyridine rings is 1. The third-order valence-electron chi connectivity index (χ3n) is 2.21. The number of rotatable bonds is 3. The predicted octanol–water partition coefficient (Wildman–Crippen LogP) is 4.03. The maximum absolute atomic E-state index is 4.29. The first-order valence-electron chi connectivity index (χ1n) is 4.97. The van der Waals surface area contributed by atoms with Crippen molar-refractivity contribution in [3.05, 3.63) is 48.2 Å². The number of halogens is 1. The Hall–Kier alpha value is -1.15. The molecule has 0 bridgehead atoms.